The molecule has 17 heavy (non-hydrogen) atoms. The Balaban J connectivity index is 4.04. The highest BCUT2D eigenvalue weighted by Crippen LogP contribution is 2.03. The number of hydrogen-bond acceptors (Lipinski definition) is 7. The maximum Gasteiger partial charge on any atom is 0.308 e. The molecule has 7 heteroatoms. The summed E-state index contributed by atoms with van der Waals surface area (Å²) in [7, 11) is 0. The number of carbonyl (C=O) groups is 1. The number of aliphatic hydroxyl groups is 4. The van der Waals surface area contributed by atoms with Crippen LogP contribution >= 0.6 is 0 Å². The molecule has 0 aliphatic rings. The first kappa shape index (κ1) is 16.3. The van der Waals surface area contributed by atoms with Crippen LogP contribution in [0.15, 0.2) is 0 Å². The number of β-amino-alcohol motifs (C(OH)–C–C–N with tert-alkyl or cyclic N) is 1. The smallest absolute Gasteiger partial charge is 0.308 e. The highest BCUT2D eigenvalue weighted by molar-refractivity contribution is 5.69. The molecule has 102 valence electrons. The molecule has 1 atom stereocenters. The van der Waals surface area contributed by atoms with Gasteiger partial charge in [-0.25, -0.2) is 0 Å². The lowest BCUT2D eigenvalue weighted by molar-refractivity contribution is -0.145. The predicted octanol–water partition coefficient (Wildman–Crippen LogP) is -2.39. The zero-order valence-corrected chi connectivity index (χ0v) is 9.93. The average Bonchev–Trinajstić information content (AvgIpc) is 2.32. The first-order valence-corrected chi connectivity index (χ1v) is 5.45. The molecule has 0 bridgehead atoms. The quantitative estimate of drug-likeness (QED) is 0.290. The summed E-state index contributed by atoms with van der Waals surface area (Å²) in [4.78, 5) is 11.0. The largest absolute Gasteiger partial charge is 0.466 e. The Labute approximate surface area is 100 Å². The number of nitrogens with one attached hydrogen (secondary N) is 1. The van der Waals surface area contributed by atoms with Crippen LogP contribution in [0.25, 0.3) is 0 Å². The minimum atomic E-state index is -1.25. The lowest BCUT2D eigenvalue weighted by Gasteiger charge is -2.29. The van der Waals surface area contributed by atoms with Crippen LogP contribution in [0, 0.1) is 0 Å². The first-order chi connectivity index (χ1) is 8.03. The summed E-state index contributed by atoms with van der Waals surface area (Å²) in [6, 6.07) is 0. The fourth-order valence-corrected chi connectivity index (χ4v) is 1.14. The van der Waals surface area contributed by atoms with Crippen molar-refractivity contribution in [3.63, 3.8) is 0 Å². The molecule has 0 aromatic rings. The van der Waals surface area contributed by atoms with Crippen molar-refractivity contribution in [3.8, 4) is 0 Å². The van der Waals surface area contributed by atoms with E-state index >= 15 is 0 Å². The highest BCUT2D eigenvalue weighted by Gasteiger charge is 2.28. The fourth-order valence-electron chi connectivity index (χ4n) is 1.14. The molecular formula is C10H21NO6. The van der Waals surface area contributed by atoms with E-state index in [1.165, 1.54) is 0 Å². The number of rotatable bonds is 9. The molecule has 0 spiro atoms. The van der Waals surface area contributed by atoms with Gasteiger partial charge in [0.25, 0.3) is 0 Å². The van der Waals surface area contributed by atoms with E-state index in [1.807, 2.05) is 0 Å². The van der Waals surface area contributed by atoms with Crippen molar-refractivity contribution in [2.75, 3.05) is 33.0 Å². The fraction of sp³-hybridized carbons (Fsp3) is 0.900. The Morgan fingerprint density at radius 3 is 2.24 bits per heavy atom. The van der Waals surface area contributed by atoms with Crippen molar-refractivity contribution < 1.29 is 30.0 Å². The predicted molar refractivity (Wildman–Crippen MR) is 59.2 cm³/mol. The number of carbonyl (C=O) groups excluding carboxylic acids is 1. The molecule has 0 aliphatic carbocycles. The summed E-state index contributed by atoms with van der Waals surface area (Å²) in [5.74, 6) is -0.524. The van der Waals surface area contributed by atoms with Crippen molar-refractivity contribution >= 4 is 5.97 Å². The molecule has 0 fully saturated rings. The number of aliphatic hydroxyl groups excluding tert-OH is 4. The number of esters is 1. The molecule has 0 amide bonds. The summed E-state index contributed by atoms with van der Waals surface area (Å²) in [6.45, 7) is 0.425. The molecule has 0 aromatic heterocycles. The van der Waals surface area contributed by atoms with Gasteiger partial charge < -0.3 is 30.5 Å². The molecule has 0 heterocycles. The summed E-state index contributed by atoms with van der Waals surface area (Å²) < 4.78 is 4.65. The van der Waals surface area contributed by atoms with Gasteiger partial charge in [-0.05, 0) is 6.92 Å². The standard InChI is InChI=1S/C10H21NO6/c1-2-17-9(16)3-8(15)4-11-10(5-12,6-13)7-14/h8,11-15H,2-7H2,1H3. The Morgan fingerprint density at radius 1 is 1.29 bits per heavy atom. The second-order valence-corrected chi connectivity index (χ2v) is 3.80. The molecule has 5 N–H and O–H groups in total. The Bertz CT molecular complexity index is 211. The number of hydrogen-bond donors (Lipinski definition) is 5. The van der Waals surface area contributed by atoms with E-state index in [1.54, 1.807) is 6.92 Å². The Morgan fingerprint density at radius 2 is 1.82 bits per heavy atom. The van der Waals surface area contributed by atoms with Crippen molar-refractivity contribution in [3.05, 3.63) is 0 Å². The second kappa shape index (κ2) is 8.37. The van der Waals surface area contributed by atoms with Gasteiger partial charge in [-0.1, -0.05) is 0 Å². The van der Waals surface area contributed by atoms with Crippen molar-refractivity contribution in [1.29, 1.82) is 0 Å². The number of ether oxygens (including phenoxy) is 1. The SMILES string of the molecule is CCOC(=O)CC(O)CNC(CO)(CO)CO. The summed E-state index contributed by atoms with van der Waals surface area (Å²) in [6.07, 6.45) is -1.18. The van der Waals surface area contributed by atoms with Crippen molar-refractivity contribution in [2.45, 2.75) is 25.0 Å². The summed E-state index contributed by atoms with van der Waals surface area (Å²) in [5, 5.41) is 39.1. The van der Waals surface area contributed by atoms with Gasteiger partial charge in [-0.2, -0.15) is 0 Å². The second-order valence-electron chi connectivity index (χ2n) is 3.80. The van der Waals surface area contributed by atoms with Crippen molar-refractivity contribution in [2.24, 2.45) is 0 Å². The minimum Gasteiger partial charge on any atom is -0.466 e. The van der Waals surface area contributed by atoms with Crippen LogP contribution in [0.5, 0.6) is 0 Å². The molecule has 0 rings (SSSR count). The summed E-state index contributed by atoms with van der Waals surface area (Å²) in [5.41, 5.74) is -1.25. The Kier molecular flexibility index (Phi) is 8.01. The van der Waals surface area contributed by atoms with E-state index in [9.17, 15) is 9.90 Å². The molecule has 0 aliphatic heterocycles. The zero-order chi connectivity index (χ0) is 13.3. The van der Waals surface area contributed by atoms with Gasteiger partial charge in [0.1, 0.15) is 0 Å². The lowest BCUT2D eigenvalue weighted by Crippen LogP contribution is -2.56. The van der Waals surface area contributed by atoms with Gasteiger partial charge >= 0.3 is 5.97 Å². The topological polar surface area (TPSA) is 119 Å². The van der Waals surface area contributed by atoms with E-state index in [-0.39, 0.29) is 19.6 Å². The van der Waals surface area contributed by atoms with Crippen LogP contribution < -0.4 is 5.32 Å². The lowest BCUT2D eigenvalue weighted by atomic mass is 10.0. The first-order valence-electron chi connectivity index (χ1n) is 5.45. The van der Waals surface area contributed by atoms with E-state index in [0.717, 1.165) is 0 Å². The molecule has 0 saturated heterocycles. The van der Waals surface area contributed by atoms with Gasteiger partial charge in [-0.3, -0.25) is 4.79 Å². The molecule has 1 unspecified atom stereocenters. The normalized spacial score (nSPS) is 13.5. The molecule has 0 radical (unpaired) electrons. The summed E-state index contributed by atoms with van der Waals surface area (Å²) >= 11 is 0. The van der Waals surface area contributed by atoms with Gasteiger partial charge in [0, 0.05) is 6.54 Å². The average molecular weight is 251 g/mol. The third-order valence-electron chi connectivity index (χ3n) is 2.33. The van der Waals surface area contributed by atoms with Crippen LogP contribution in [0.4, 0.5) is 0 Å². The van der Waals surface area contributed by atoms with Crippen LogP contribution in [0.2, 0.25) is 0 Å². The van der Waals surface area contributed by atoms with E-state index < -0.39 is 37.4 Å². The monoisotopic (exact) mass is 251 g/mol. The van der Waals surface area contributed by atoms with Crippen LogP contribution in [-0.4, -0.2) is 71.0 Å². The van der Waals surface area contributed by atoms with Gasteiger partial charge in [0.15, 0.2) is 0 Å². The molecule has 7 nitrogen and oxygen atoms in total. The van der Waals surface area contributed by atoms with Crippen LogP contribution in [0.3, 0.4) is 0 Å². The zero-order valence-electron chi connectivity index (χ0n) is 9.93. The molecule has 0 aromatic carbocycles. The highest BCUT2D eigenvalue weighted by atomic mass is 16.5. The van der Waals surface area contributed by atoms with Gasteiger partial charge in [0.05, 0.1) is 44.5 Å². The van der Waals surface area contributed by atoms with E-state index in [0.29, 0.717) is 0 Å². The van der Waals surface area contributed by atoms with E-state index in [4.69, 9.17) is 15.3 Å². The van der Waals surface area contributed by atoms with Crippen LogP contribution in [-0.2, 0) is 9.53 Å². The van der Waals surface area contributed by atoms with Crippen LogP contribution in [0.1, 0.15) is 13.3 Å². The maximum atomic E-state index is 11.0. The third kappa shape index (κ3) is 5.94. The molecule has 0 saturated carbocycles. The molecular weight excluding hydrogens is 230 g/mol. The minimum absolute atomic E-state index is 0.0412. The van der Waals surface area contributed by atoms with Gasteiger partial charge in [0.2, 0.25) is 0 Å². The van der Waals surface area contributed by atoms with Crippen molar-refractivity contribution in [1.82, 2.24) is 5.32 Å². The van der Waals surface area contributed by atoms with Gasteiger partial charge in [-0.15, -0.1) is 0 Å². The van der Waals surface area contributed by atoms with E-state index in [2.05, 4.69) is 10.1 Å². The third-order valence-corrected chi connectivity index (χ3v) is 2.33. The maximum absolute atomic E-state index is 11.0. The Hall–Kier alpha value is -0.730.